The second kappa shape index (κ2) is 6.05. The summed E-state index contributed by atoms with van der Waals surface area (Å²) in [5.41, 5.74) is 7.10. The van der Waals surface area contributed by atoms with Crippen molar-refractivity contribution in [2.75, 3.05) is 19.6 Å². The number of nitrogens with two attached hydrogens (primary N) is 1. The van der Waals surface area contributed by atoms with Crippen molar-refractivity contribution in [1.29, 1.82) is 0 Å². The van der Waals surface area contributed by atoms with Crippen LogP contribution >= 0.6 is 11.6 Å². The Kier molecular flexibility index (Phi) is 4.66. The molecule has 3 atom stereocenters. The minimum atomic E-state index is 0.516. The lowest BCUT2D eigenvalue weighted by Crippen LogP contribution is -2.31. The Morgan fingerprint density at radius 1 is 1.50 bits per heavy atom. The van der Waals surface area contributed by atoms with Crippen LogP contribution in [-0.2, 0) is 0 Å². The molecule has 2 nitrogen and oxygen atoms in total. The Morgan fingerprint density at radius 3 is 2.89 bits per heavy atom. The molecule has 1 aromatic rings. The van der Waals surface area contributed by atoms with Crippen molar-refractivity contribution < 1.29 is 0 Å². The van der Waals surface area contributed by atoms with Gasteiger partial charge in [-0.3, -0.25) is 4.90 Å². The summed E-state index contributed by atoms with van der Waals surface area (Å²) in [7, 11) is 0. The number of rotatable bonds is 4. The number of hydrogen-bond acceptors (Lipinski definition) is 2. The first kappa shape index (κ1) is 13.9. The van der Waals surface area contributed by atoms with Crippen LogP contribution in [0.3, 0.4) is 0 Å². The van der Waals surface area contributed by atoms with E-state index in [4.69, 9.17) is 17.3 Å². The van der Waals surface area contributed by atoms with Gasteiger partial charge in [-0.25, -0.2) is 0 Å². The fraction of sp³-hybridized carbons (Fsp3) is 0.600. The highest BCUT2D eigenvalue weighted by Gasteiger charge is 2.28. The van der Waals surface area contributed by atoms with Crippen molar-refractivity contribution in [3.8, 4) is 0 Å². The molecule has 3 heteroatoms. The fourth-order valence-corrected chi connectivity index (χ4v) is 3.11. The van der Waals surface area contributed by atoms with E-state index in [0.717, 1.165) is 24.7 Å². The molecule has 0 amide bonds. The molecule has 100 valence electrons. The van der Waals surface area contributed by atoms with Gasteiger partial charge in [-0.05, 0) is 49.4 Å². The zero-order valence-electron chi connectivity index (χ0n) is 11.3. The number of halogens is 1. The van der Waals surface area contributed by atoms with Crippen LogP contribution in [0.4, 0.5) is 0 Å². The number of benzene rings is 1. The van der Waals surface area contributed by atoms with Crippen molar-refractivity contribution in [2.45, 2.75) is 32.2 Å². The summed E-state index contributed by atoms with van der Waals surface area (Å²) in [5.74, 6) is 1.19. The molecule has 18 heavy (non-hydrogen) atoms. The highest BCUT2D eigenvalue weighted by atomic mass is 35.5. The fourth-order valence-electron chi connectivity index (χ4n) is 2.91. The largest absolute Gasteiger partial charge is 0.330 e. The summed E-state index contributed by atoms with van der Waals surface area (Å²) in [6, 6.07) is 8.86. The summed E-state index contributed by atoms with van der Waals surface area (Å²) in [4.78, 5) is 2.56. The third-order valence-corrected chi connectivity index (χ3v) is 4.29. The molecule has 2 rings (SSSR count). The first-order valence-electron chi connectivity index (χ1n) is 6.79. The highest BCUT2D eigenvalue weighted by Crippen LogP contribution is 2.26. The van der Waals surface area contributed by atoms with Gasteiger partial charge in [0.15, 0.2) is 0 Å². The van der Waals surface area contributed by atoms with Crippen LogP contribution in [0, 0.1) is 5.92 Å². The predicted octanol–water partition coefficient (Wildman–Crippen LogP) is 3.11. The lowest BCUT2D eigenvalue weighted by atomic mass is 10.0. The van der Waals surface area contributed by atoms with Gasteiger partial charge in [-0.2, -0.15) is 0 Å². The molecule has 0 radical (unpaired) electrons. The van der Waals surface area contributed by atoms with Crippen LogP contribution in [0.15, 0.2) is 24.3 Å². The molecule has 3 unspecified atom stereocenters. The molecule has 0 aliphatic carbocycles. The first-order chi connectivity index (χ1) is 8.60. The van der Waals surface area contributed by atoms with Crippen molar-refractivity contribution in [3.63, 3.8) is 0 Å². The van der Waals surface area contributed by atoms with Crippen LogP contribution in [0.25, 0.3) is 0 Å². The number of nitrogens with zero attached hydrogens (tertiary/aromatic N) is 1. The van der Waals surface area contributed by atoms with E-state index in [0.29, 0.717) is 17.9 Å². The van der Waals surface area contributed by atoms with Crippen LogP contribution in [0.1, 0.15) is 31.7 Å². The van der Waals surface area contributed by atoms with E-state index in [1.807, 2.05) is 12.1 Å². The van der Waals surface area contributed by atoms with Crippen molar-refractivity contribution in [2.24, 2.45) is 11.7 Å². The minimum Gasteiger partial charge on any atom is -0.330 e. The third kappa shape index (κ3) is 3.25. The highest BCUT2D eigenvalue weighted by molar-refractivity contribution is 6.30. The average Bonchev–Trinajstić information content (AvgIpc) is 2.70. The van der Waals surface area contributed by atoms with Gasteiger partial charge in [0.2, 0.25) is 0 Å². The molecular formula is C15H23ClN2. The second-order valence-corrected chi connectivity index (χ2v) is 6.03. The first-order valence-corrected chi connectivity index (χ1v) is 7.17. The summed E-state index contributed by atoms with van der Waals surface area (Å²) in [5, 5.41) is 0.827. The summed E-state index contributed by atoms with van der Waals surface area (Å²) in [6.45, 7) is 7.63. The van der Waals surface area contributed by atoms with E-state index in [2.05, 4.69) is 30.9 Å². The van der Waals surface area contributed by atoms with E-state index in [-0.39, 0.29) is 0 Å². The molecule has 1 aliphatic heterocycles. The van der Waals surface area contributed by atoms with E-state index >= 15 is 0 Å². The molecule has 0 saturated carbocycles. The van der Waals surface area contributed by atoms with Gasteiger partial charge >= 0.3 is 0 Å². The van der Waals surface area contributed by atoms with Gasteiger partial charge in [0.05, 0.1) is 0 Å². The van der Waals surface area contributed by atoms with Gasteiger partial charge in [0, 0.05) is 24.2 Å². The van der Waals surface area contributed by atoms with E-state index in [1.165, 1.54) is 12.0 Å². The zero-order valence-corrected chi connectivity index (χ0v) is 12.0. The smallest absolute Gasteiger partial charge is 0.0408 e. The number of likely N-dealkylation sites (tertiary alicyclic amines) is 1. The maximum Gasteiger partial charge on any atom is 0.0408 e. The molecule has 1 fully saturated rings. The zero-order chi connectivity index (χ0) is 13.1. The molecular weight excluding hydrogens is 244 g/mol. The van der Waals surface area contributed by atoms with E-state index in [9.17, 15) is 0 Å². The van der Waals surface area contributed by atoms with Crippen LogP contribution in [0.2, 0.25) is 5.02 Å². The van der Waals surface area contributed by atoms with Crippen molar-refractivity contribution in [1.82, 2.24) is 4.90 Å². The molecule has 0 aromatic heterocycles. The molecule has 1 aromatic carbocycles. The lowest BCUT2D eigenvalue weighted by Gasteiger charge is -2.25. The number of hydrogen-bond donors (Lipinski definition) is 1. The van der Waals surface area contributed by atoms with Crippen molar-refractivity contribution >= 4 is 11.6 Å². The van der Waals surface area contributed by atoms with Gasteiger partial charge in [-0.15, -0.1) is 0 Å². The molecule has 1 saturated heterocycles. The molecule has 1 aliphatic rings. The van der Waals surface area contributed by atoms with E-state index < -0.39 is 0 Å². The monoisotopic (exact) mass is 266 g/mol. The summed E-state index contributed by atoms with van der Waals surface area (Å²) >= 11 is 6.05. The normalized spacial score (nSPS) is 26.4. The average molecular weight is 267 g/mol. The second-order valence-electron chi connectivity index (χ2n) is 5.60. The Balaban J connectivity index is 1.97. The Morgan fingerprint density at radius 2 is 2.28 bits per heavy atom. The third-order valence-electron chi connectivity index (χ3n) is 4.05. The SMILES string of the molecule is CC(CN1CC(CN)CC1C)c1cccc(Cl)c1. The molecule has 0 spiro atoms. The lowest BCUT2D eigenvalue weighted by molar-refractivity contribution is 0.251. The topological polar surface area (TPSA) is 29.3 Å². The van der Waals surface area contributed by atoms with Crippen LogP contribution < -0.4 is 5.73 Å². The summed E-state index contributed by atoms with van der Waals surface area (Å²) in [6.07, 6.45) is 1.23. The molecule has 2 N–H and O–H groups in total. The minimum absolute atomic E-state index is 0.516. The standard InChI is InChI=1S/C15H23ClN2/c1-11(14-4-3-5-15(16)7-14)9-18-10-13(8-17)6-12(18)2/h3-5,7,11-13H,6,8-10,17H2,1-2H3. The Bertz CT molecular complexity index is 394. The quantitative estimate of drug-likeness (QED) is 0.907. The summed E-state index contributed by atoms with van der Waals surface area (Å²) < 4.78 is 0. The van der Waals surface area contributed by atoms with Crippen molar-refractivity contribution in [3.05, 3.63) is 34.9 Å². The van der Waals surface area contributed by atoms with E-state index in [1.54, 1.807) is 0 Å². The van der Waals surface area contributed by atoms with Gasteiger partial charge in [0.25, 0.3) is 0 Å². The molecule has 0 bridgehead atoms. The Hall–Kier alpha value is -0.570. The molecule has 1 heterocycles. The predicted molar refractivity (Wildman–Crippen MR) is 78.1 cm³/mol. The van der Waals surface area contributed by atoms with Crippen LogP contribution in [-0.4, -0.2) is 30.6 Å². The van der Waals surface area contributed by atoms with Crippen LogP contribution in [0.5, 0.6) is 0 Å². The maximum absolute atomic E-state index is 6.05. The van der Waals surface area contributed by atoms with Gasteiger partial charge in [-0.1, -0.05) is 30.7 Å². The Labute approximate surface area is 115 Å². The van der Waals surface area contributed by atoms with Gasteiger partial charge < -0.3 is 5.73 Å². The van der Waals surface area contributed by atoms with Gasteiger partial charge in [0.1, 0.15) is 0 Å². The maximum atomic E-state index is 6.05.